The number of halogens is 1. The minimum Gasteiger partial charge on any atom is -0.348 e. The Kier molecular flexibility index (Phi) is 8.79. The first kappa shape index (κ1) is 20.5. The van der Waals surface area contributed by atoms with E-state index in [1.165, 1.54) is 0 Å². The summed E-state index contributed by atoms with van der Waals surface area (Å²) in [4.78, 5) is 26.5. The zero-order valence-corrected chi connectivity index (χ0v) is 15.3. The number of carbonyl (C=O) groups is 2. The molecule has 0 unspecified atom stereocenters. The molecular weight excluding hydrogens is 326 g/mol. The van der Waals surface area contributed by atoms with Gasteiger partial charge < -0.3 is 15.5 Å². The summed E-state index contributed by atoms with van der Waals surface area (Å²) >= 11 is 0. The van der Waals surface area contributed by atoms with E-state index in [1.54, 1.807) is 24.3 Å². The third-order valence-electron chi connectivity index (χ3n) is 4.19. The molecule has 1 aromatic rings. The average molecular weight is 354 g/mol. The fraction of sp³-hybridized carbons (Fsp3) is 0.556. The second-order valence-corrected chi connectivity index (χ2v) is 5.98. The van der Waals surface area contributed by atoms with E-state index >= 15 is 0 Å². The minimum absolute atomic E-state index is 0. The molecule has 1 aromatic carbocycles. The van der Waals surface area contributed by atoms with Gasteiger partial charge in [0, 0.05) is 36.8 Å². The smallest absolute Gasteiger partial charge is 0.253 e. The lowest BCUT2D eigenvalue weighted by Crippen LogP contribution is -2.45. The number of amides is 2. The van der Waals surface area contributed by atoms with Crippen LogP contribution in [-0.2, 0) is 0 Å². The zero-order chi connectivity index (χ0) is 16.7. The van der Waals surface area contributed by atoms with E-state index in [0.29, 0.717) is 17.7 Å². The minimum atomic E-state index is -0.0707. The molecule has 6 heteroatoms. The summed E-state index contributed by atoms with van der Waals surface area (Å²) in [6.07, 6.45) is 3.04. The van der Waals surface area contributed by atoms with Crippen molar-refractivity contribution >= 4 is 24.2 Å². The molecule has 1 saturated heterocycles. The van der Waals surface area contributed by atoms with Gasteiger partial charge in [0.15, 0.2) is 0 Å². The summed E-state index contributed by atoms with van der Waals surface area (Å²) in [6.45, 7) is 7.34. The molecule has 1 aliphatic rings. The van der Waals surface area contributed by atoms with Crippen LogP contribution in [0.1, 0.15) is 53.8 Å². The Hall–Kier alpha value is -1.59. The van der Waals surface area contributed by atoms with Crippen LogP contribution >= 0.6 is 12.4 Å². The predicted octanol–water partition coefficient (Wildman–Crippen LogP) is 2.46. The molecule has 5 nitrogen and oxygen atoms in total. The number of nitrogens with zero attached hydrogens (tertiary/aromatic N) is 1. The highest BCUT2D eigenvalue weighted by Gasteiger charge is 2.17. The van der Waals surface area contributed by atoms with E-state index in [4.69, 9.17) is 0 Å². The first-order valence-corrected chi connectivity index (χ1v) is 8.56. The van der Waals surface area contributed by atoms with Crippen molar-refractivity contribution in [2.45, 2.75) is 39.2 Å². The monoisotopic (exact) mass is 353 g/mol. The largest absolute Gasteiger partial charge is 0.348 e. The van der Waals surface area contributed by atoms with Crippen LogP contribution in [0.25, 0.3) is 0 Å². The van der Waals surface area contributed by atoms with Crippen molar-refractivity contribution in [3.05, 3.63) is 35.4 Å². The molecule has 0 saturated carbocycles. The molecule has 1 atom stereocenters. The van der Waals surface area contributed by atoms with E-state index in [0.717, 1.165) is 38.9 Å². The molecule has 2 rings (SSSR count). The van der Waals surface area contributed by atoms with Gasteiger partial charge in [-0.1, -0.05) is 6.92 Å². The second kappa shape index (κ2) is 10.3. The molecule has 1 fully saturated rings. The van der Waals surface area contributed by atoms with Gasteiger partial charge in [0.05, 0.1) is 0 Å². The number of carbonyl (C=O) groups excluding carboxylic acids is 2. The molecule has 1 heterocycles. The quantitative estimate of drug-likeness (QED) is 0.825. The van der Waals surface area contributed by atoms with Gasteiger partial charge in [0.2, 0.25) is 0 Å². The van der Waals surface area contributed by atoms with Crippen molar-refractivity contribution in [2.75, 3.05) is 26.2 Å². The second-order valence-electron chi connectivity index (χ2n) is 5.98. The molecule has 2 N–H and O–H groups in total. The number of piperidine rings is 1. The SMILES string of the molecule is CCCN(CC)C(=O)c1ccc(C(=O)N[C@H]2CCCNC2)cc1.Cl. The fourth-order valence-electron chi connectivity index (χ4n) is 2.86. The van der Waals surface area contributed by atoms with Crippen LogP contribution in [0.3, 0.4) is 0 Å². The van der Waals surface area contributed by atoms with Crippen molar-refractivity contribution in [2.24, 2.45) is 0 Å². The van der Waals surface area contributed by atoms with Gasteiger partial charge in [-0.25, -0.2) is 0 Å². The number of hydrogen-bond acceptors (Lipinski definition) is 3. The van der Waals surface area contributed by atoms with Crippen molar-refractivity contribution in [1.29, 1.82) is 0 Å². The summed E-state index contributed by atoms with van der Waals surface area (Å²) in [7, 11) is 0. The van der Waals surface area contributed by atoms with Gasteiger partial charge in [-0.15, -0.1) is 12.4 Å². The molecule has 134 valence electrons. The summed E-state index contributed by atoms with van der Waals surface area (Å²) in [6, 6.07) is 7.15. The molecule has 1 aliphatic heterocycles. The molecular formula is C18H28ClN3O2. The Morgan fingerprint density at radius 1 is 1.21 bits per heavy atom. The van der Waals surface area contributed by atoms with Crippen LogP contribution in [0, 0.1) is 0 Å². The van der Waals surface area contributed by atoms with Gasteiger partial charge in [0.1, 0.15) is 0 Å². The van der Waals surface area contributed by atoms with Crippen LogP contribution in [0.5, 0.6) is 0 Å². The maximum absolute atomic E-state index is 12.4. The Morgan fingerprint density at radius 2 is 1.88 bits per heavy atom. The van der Waals surface area contributed by atoms with Crippen LogP contribution in [0.2, 0.25) is 0 Å². The third kappa shape index (κ3) is 5.49. The van der Waals surface area contributed by atoms with Gasteiger partial charge in [-0.3, -0.25) is 9.59 Å². The van der Waals surface area contributed by atoms with E-state index in [1.807, 2.05) is 11.8 Å². The third-order valence-corrected chi connectivity index (χ3v) is 4.19. The molecule has 0 bridgehead atoms. The Morgan fingerprint density at radius 3 is 2.42 bits per heavy atom. The standard InChI is InChI=1S/C18H27N3O2.ClH/c1-3-12-21(4-2)18(23)15-9-7-14(8-10-15)17(22)20-16-6-5-11-19-13-16;/h7-10,16,19H,3-6,11-13H2,1-2H3,(H,20,22);1H/t16-;/m0./s1. The predicted molar refractivity (Wildman–Crippen MR) is 98.9 cm³/mol. The van der Waals surface area contributed by atoms with E-state index < -0.39 is 0 Å². The first-order valence-electron chi connectivity index (χ1n) is 8.56. The molecule has 0 spiro atoms. The normalized spacial score (nSPS) is 16.8. The zero-order valence-electron chi connectivity index (χ0n) is 14.5. The lowest BCUT2D eigenvalue weighted by Gasteiger charge is -2.24. The topological polar surface area (TPSA) is 61.4 Å². The number of nitrogens with one attached hydrogen (secondary N) is 2. The first-order chi connectivity index (χ1) is 11.2. The Labute approximate surface area is 150 Å². The van der Waals surface area contributed by atoms with E-state index in [-0.39, 0.29) is 30.3 Å². The lowest BCUT2D eigenvalue weighted by molar-refractivity contribution is 0.0763. The molecule has 24 heavy (non-hydrogen) atoms. The van der Waals surface area contributed by atoms with E-state index in [2.05, 4.69) is 17.6 Å². The van der Waals surface area contributed by atoms with Gasteiger partial charge in [-0.05, 0) is 57.0 Å². The number of benzene rings is 1. The fourth-order valence-corrected chi connectivity index (χ4v) is 2.86. The highest BCUT2D eigenvalue weighted by molar-refractivity contribution is 5.97. The van der Waals surface area contributed by atoms with Crippen molar-refractivity contribution < 1.29 is 9.59 Å². The van der Waals surface area contributed by atoms with Crippen molar-refractivity contribution in [1.82, 2.24) is 15.5 Å². The molecule has 0 radical (unpaired) electrons. The highest BCUT2D eigenvalue weighted by Crippen LogP contribution is 2.10. The highest BCUT2D eigenvalue weighted by atomic mass is 35.5. The summed E-state index contributed by atoms with van der Waals surface area (Å²) < 4.78 is 0. The number of rotatable bonds is 6. The Bertz CT molecular complexity index is 528. The lowest BCUT2D eigenvalue weighted by atomic mass is 10.1. The Balaban J connectivity index is 0.00000288. The number of hydrogen-bond donors (Lipinski definition) is 2. The van der Waals surface area contributed by atoms with Gasteiger partial charge in [0.25, 0.3) is 11.8 Å². The van der Waals surface area contributed by atoms with Crippen molar-refractivity contribution in [3.63, 3.8) is 0 Å². The maximum Gasteiger partial charge on any atom is 0.253 e. The maximum atomic E-state index is 12.4. The van der Waals surface area contributed by atoms with Crippen LogP contribution in [0.15, 0.2) is 24.3 Å². The summed E-state index contributed by atoms with van der Waals surface area (Å²) in [5.74, 6) is -0.0450. The van der Waals surface area contributed by atoms with Gasteiger partial charge >= 0.3 is 0 Å². The summed E-state index contributed by atoms with van der Waals surface area (Å²) in [5.41, 5.74) is 1.24. The molecule has 2 amide bonds. The van der Waals surface area contributed by atoms with Crippen molar-refractivity contribution in [3.8, 4) is 0 Å². The molecule has 0 aromatic heterocycles. The van der Waals surface area contributed by atoms with Crippen LogP contribution in [0.4, 0.5) is 0 Å². The molecule has 0 aliphatic carbocycles. The summed E-state index contributed by atoms with van der Waals surface area (Å²) in [5, 5.41) is 6.32. The van der Waals surface area contributed by atoms with Crippen LogP contribution in [-0.4, -0.2) is 48.9 Å². The van der Waals surface area contributed by atoms with E-state index in [9.17, 15) is 9.59 Å². The average Bonchev–Trinajstić information content (AvgIpc) is 2.60. The van der Waals surface area contributed by atoms with Crippen LogP contribution < -0.4 is 10.6 Å². The van der Waals surface area contributed by atoms with Gasteiger partial charge in [-0.2, -0.15) is 0 Å².